The number of hydrogen-bond acceptors (Lipinski definition) is 3. The fraction of sp³-hybridized carbons (Fsp3) is 0.235. The lowest BCUT2D eigenvalue weighted by Crippen LogP contribution is -2.26. The summed E-state index contributed by atoms with van der Waals surface area (Å²) in [5.74, 6) is -0.246. The summed E-state index contributed by atoms with van der Waals surface area (Å²) >= 11 is 5.91. The molecule has 0 radical (unpaired) electrons. The highest BCUT2D eigenvalue weighted by molar-refractivity contribution is 7.89. The molecule has 0 spiro atoms. The maximum absolute atomic E-state index is 12.1. The second kappa shape index (κ2) is 8.28. The normalized spacial score (nSPS) is 11.2. The second-order valence-electron chi connectivity index (χ2n) is 5.16. The van der Waals surface area contributed by atoms with Crippen LogP contribution < -0.4 is 10.0 Å². The maximum atomic E-state index is 12.1. The molecule has 24 heavy (non-hydrogen) atoms. The molecule has 0 saturated heterocycles. The third-order valence-corrected chi connectivity index (χ3v) is 5.15. The number of sulfonamides is 1. The van der Waals surface area contributed by atoms with Crippen LogP contribution >= 0.6 is 11.6 Å². The Balaban J connectivity index is 1.93. The van der Waals surface area contributed by atoms with Crippen LogP contribution in [-0.2, 0) is 16.4 Å². The van der Waals surface area contributed by atoms with Crippen LogP contribution in [0.1, 0.15) is 22.8 Å². The molecule has 2 N–H and O–H groups in total. The molecule has 2 aromatic carbocycles. The molecule has 0 bridgehead atoms. The SMILES string of the molecule is CCNS(=O)(=O)c1ccc(C(=O)NCCc2cccc(Cl)c2)cc1. The van der Waals surface area contributed by atoms with Crippen LogP contribution in [0.4, 0.5) is 0 Å². The number of nitrogens with one attached hydrogen (secondary N) is 2. The predicted octanol–water partition coefficient (Wildman–Crippen LogP) is 2.61. The molecular weight excluding hydrogens is 348 g/mol. The summed E-state index contributed by atoms with van der Waals surface area (Å²) < 4.78 is 26.1. The molecule has 5 nitrogen and oxygen atoms in total. The number of carbonyl (C=O) groups is 1. The van der Waals surface area contributed by atoms with E-state index in [0.717, 1.165) is 5.56 Å². The van der Waals surface area contributed by atoms with Crippen molar-refractivity contribution < 1.29 is 13.2 Å². The Bertz CT molecular complexity index is 805. The molecule has 0 aromatic heterocycles. The van der Waals surface area contributed by atoms with E-state index >= 15 is 0 Å². The molecule has 0 unspecified atom stereocenters. The Morgan fingerprint density at radius 2 is 1.83 bits per heavy atom. The van der Waals surface area contributed by atoms with Crippen molar-refractivity contribution in [2.45, 2.75) is 18.2 Å². The van der Waals surface area contributed by atoms with E-state index in [1.54, 1.807) is 13.0 Å². The van der Waals surface area contributed by atoms with Crippen LogP contribution in [0.25, 0.3) is 0 Å². The van der Waals surface area contributed by atoms with Gasteiger partial charge in [-0.3, -0.25) is 4.79 Å². The molecule has 2 rings (SSSR count). The predicted molar refractivity (Wildman–Crippen MR) is 94.8 cm³/mol. The molecule has 0 saturated carbocycles. The van der Waals surface area contributed by atoms with Gasteiger partial charge in [0.15, 0.2) is 0 Å². The monoisotopic (exact) mass is 366 g/mol. The molecule has 128 valence electrons. The lowest BCUT2D eigenvalue weighted by atomic mass is 10.1. The van der Waals surface area contributed by atoms with Crippen molar-refractivity contribution in [2.24, 2.45) is 0 Å². The Morgan fingerprint density at radius 1 is 1.12 bits per heavy atom. The van der Waals surface area contributed by atoms with E-state index in [-0.39, 0.29) is 10.8 Å². The van der Waals surface area contributed by atoms with Gasteiger partial charge in [-0.1, -0.05) is 30.7 Å². The van der Waals surface area contributed by atoms with Crippen molar-refractivity contribution >= 4 is 27.5 Å². The van der Waals surface area contributed by atoms with Crippen LogP contribution in [0.3, 0.4) is 0 Å². The molecule has 0 aliphatic heterocycles. The Labute approximate surface area is 147 Å². The first-order valence-corrected chi connectivity index (χ1v) is 9.41. The number of amides is 1. The summed E-state index contributed by atoms with van der Waals surface area (Å²) in [4.78, 5) is 12.2. The molecule has 7 heteroatoms. The fourth-order valence-corrected chi connectivity index (χ4v) is 3.43. The zero-order valence-corrected chi connectivity index (χ0v) is 14.8. The average Bonchev–Trinajstić information content (AvgIpc) is 2.55. The van der Waals surface area contributed by atoms with Gasteiger partial charge in [-0.15, -0.1) is 0 Å². The zero-order chi connectivity index (χ0) is 17.6. The topological polar surface area (TPSA) is 75.3 Å². The minimum absolute atomic E-state index is 0.139. The van der Waals surface area contributed by atoms with Gasteiger partial charge in [0.05, 0.1) is 4.90 Å². The highest BCUT2D eigenvalue weighted by Crippen LogP contribution is 2.12. The number of carbonyl (C=O) groups excluding carboxylic acids is 1. The van der Waals surface area contributed by atoms with Gasteiger partial charge >= 0.3 is 0 Å². The van der Waals surface area contributed by atoms with Crippen molar-refractivity contribution in [3.8, 4) is 0 Å². The molecule has 0 heterocycles. The van der Waals surface area contributed by atoms with Gasteiger partial charge in [-0.05, 0) is 48.4 Å². The van der Waals surface area contributed by atoms with Crippen LogP contribution in [-0.4, -0.2) is 27.4 Å². The highest BCUT2D eigenvalue weighted by Gasteiger charge is 2.13. The summed E-state index contributed by atoms with van der Waals surface area (Å²) in [6, 6.07) is 13.3. The fourth-order valence-electron chi connectivity index (χ4n) is 2.17. The third kappa shape index (κ3) is 5.06. The molecule has 2 aromatic rings. The Hall–Kier alpha value is -1.89. The van der Waals surface area contributed by atoms with E-state index in [2.05, 4.69) is 10.0 Å². The van der Waals surface area contributed by atoms with E-state index in [9.17, 15) is 13.2 Å². The summed E-state index contributed by atoms with van der Waals surface area (Å²) in [7, 11) is -3.50. The summed E-state index contributed by atoms with van der Waals surface area (Å²) in [5.41, 5.74) is 1.45. The smallest absolute Gasteiger partial charge is 0.251 e. The minimum Gasteiger partial charge on any atom is -0.352 e. The van der Waals surface area contributed by atoms with E-state index in [4.69, 9.17) is 11.6 Å². The van der Waals surface area contributed by atoms with Crippen LogP contribution in [0.2, 0.25) is 5.02 Å². The van der Waals surface area contributed by atoms with E-state index in [1.807, 2.05) is 18.2 Å². The Morgan fingerprint density at radius 3 is 2.46 bits per heavy atom. The summed E-state index contributed by atoms with van der Waals surface area (Å²) in [6.07, 6.45) is 0.666. The van der Waals surface area contributed by atoms with Gasteiger partial charge in [0.2, 0.25) is 10.0 Å². The van der Waals surface area contributed by atoms with Crippen molar-refractivity contribution in [3.63, 3.8) is 0 Å². The van der Waals surface area contributed by atoms with Gasteiger partial charge in [-0.25, -0.2) is 13.1 Å². The summed E-state index contributed by atoms with van der Waals surface area (Å²) in [6.45, 7) is 2.49. The second-order valence-corrected chi connectivity index (χ2v) is 7.36. The molecule has 0 aliphatic carbocycles. The third-order valence-electron chi connectivity index (χ3n) is 3.35. The van der Waals surface area contributed by atoms with Gasteiger partial charge in [0.1, 0.15) is 0 Å². The number of benzene rings is 2. The quantitative estimate of drug-likeness (QED) is 0.790. The van der Waals surface area contributed by atoms with Crippen LogP contribution in [0, 0.1) is 0 Å². The number of halogens is 1. The van der Waals surface area contributed by atoms with Crippen LogP contribution in [0.15, 0.2) is 53.4 Å². The maximum Gasteiger partial charge on any atom is 0.251 e. The largest absolute Gasteiger partial charge is 0.352 e. The first-order valence-electron chi connectivity index (χ1n) is 7.55. The minimum atomic E-state index is -3.50. The first kappa shape index (κ1) is 18.4. The van der Waals surface area contributed by atoms with E-state index in [0.29, 0.717) is 30.1 Å². The first-order chi connectivity index (χ1) is 11.4. The summed E-state index contributed by atoms with van der Waals surface area (Å²) in [5, 5.41) is 3.47. The molecule has 0 aliphatic rings. The van der Waals surface area contributed by atoms with Crippen molar-refractivity contribution in [1.82, 2.24) is 10.0 Å². The molecule has 0 atom stereocenters. The lowest BCUT2D eigenvalue weighted by Gasteiger charge is -2.07. The zero-order valence-electron chi connectivity index (χ0n) is 13.3. The Kier molecular flexibility index (Phi) is 6.36. The highest BCUT2D eigenvalue weighted by atomic mass is 35.5. The van der Waals surface area contributed by atoms with Gasteiger partial charge in [0.25, 0.3) is 5.91 Å². The number of rotatable bonds is 7. The van der Waals surface area contributed by atoms with Gasteiger partial charge in [-0.2, -0.15) is 0 Å². The van der Waals surface area contributed by atoms with Crippen LogP contribution in [0.5, 0.6) is 0 Å². The number of hydrogen-bond donors (Lipinski definition) is 2. The standard InChI is InChI=1S/C17H19ClN2O3S/c1-2-20-24(22,23)16-8-6-14(7-9-16)17(21)19-11-10-13-4-3-5-15(18)12-13/h3-9,12,20H,2,10-11H2,1H3,(H,19,21). The lowest BCUT2D eigenvalue weighted by molar-refractivity contribution is 0.0954. The average molecular weight is 367 g/mol. The molecule has 0 fully saturated rings. The van der Waals surface area contributed by atoms with Crippen molar-refractivity contribution in [3.05, 3.63) is 64.7 Å². The van der Waals surface area contributed by atoms with Gasteiger partial charge < -0.3 is 5.32 Å². The van der Waals surface area contributed by atoms with Gasteiger partial charge in [0, 0.05) is 23.7 Å². The van der Waals surface area contributed by atoms with E-state index < -0.39 is 10.0 Å². The molecular formula is C17H19ClN2O3S. The molecule has 1 amide bonds. The van der Waals surface area contributed by atoms with Crippen molar-refractivity contribution in [1.29, 1.82) is 0 Å². The van der Waals surface area contributed by atoms with Crippen molar-refractivity contribution in [2.75, 3.05) is 13.1 Å². The van der Waals surface area contributed by atoms with E-state index in [1.165, 1.54) is 24.3 Å².